The molecule has 2 heterocycles. The van der Waals surface area contributed by atoms with Gasteiger partial charge < -0.3 is 15.0 Å². The van der Waals surface area contributed by atoms with Crippen LogP contribution < -0.4 is 14.8 Å². The number of anilines is 1. The normalized spacial score (nSPS) is 12.4. The molecule has 200 valence electrons. The predicted octanol–water partition coefficient (Wildman–Crippen LogP) is 5.73. The van der Waals surface area contributed by atoms with Crippen LogP contribution in [0.25, 0.3) is 22.2 Å². The number of halogens is 2. The zero-order valence-corrected chi connectivity index (χ0v) is 23.7. The van der Waals surface area contributed by atoms with E-state index < -0.39 is 27.8 Å². The van der Waals surface area contributed by atoms with Crippen LogP contribution in [0.2, 0.25) is 0 Å². The number of carbonyl (C=O) groups is 1. The van der Waals surface area contributed by atoms with Gasteiger partial charge in [-0.1, -0.05) is 15.9 Å². The highest BCUT2D eigenvalue weighted by atomic mass is 79.9. The molecule has 8 nitrogen and oxygen atoms in total. The number of hydrogen-bond donors (Lipinski definition) is 3. The Morgan fingerprint density at radius 2 is 1.87 bits per heavy atom. The van der Waals surface area contributed by atoms with Gasteiger partial charge in [0.05, 0.1) is 17.7 Å². The van der Waals surface area contributed by atoms with Gasteiger partial charge in [0.25, 0.3) is 0 Å². The van der Waals surface area contributed by atoms with Crippen molar-refractivity contribution in [1.82, 2.24) is 14.7 Å². The predicted molar refractivity (Wildman–Crippen MR) is 153 cm³/mol. The molecule has 1 amide bonds. The van der Waals surface area contributed by atoms with Gasteiger partial charge in [-0.25, -0.2) is 17.8 Å². The van der Waals surface area contributed by atoms with E-state index in [-0.39, 0.29) is 11.3 Å². The standard InChI is InChI=1S/C27H22BrFN4O4S2/c1-37-20-7-2-16(3-8-20)25-15-38-27(31-25)32-26(34)24(33-39(35,36)21-9-4-18(28)5-10-21)12-17-14-30-23-11-6-19(29)13-22(17)23/h2-11,13-15,24,30,33H,12H2,1H3,(H,31,32,34)/t24-/m0/s1. The van der Waals surface area contributed by atoms with E-state index in [1.54, 1.807) is 36.9 Å². The maximum absolute atomic E-state index is 14.0. The molecule has 3 aromatic carbocycles. The summed E-state index contributed by atoms with van der Waals surface area (Å²) in [5.41, 5.74) is 2.74. The molecule has 12 heteroatoms. The lowest BCUT2D eigenvalue weighted by Gasteiger charge is -2.18. The number of amides is 1. The van der Waals surface area contributed by atoms with E-state index in [4.69, 9.17) is 4.74 Å². The SMILES string of the molecule is COc1ccc(-c2csc(NC(=O)[C@H](Cc3c[nH]c4ccc(F)cc34)NS(=O)(=O)c3ccc(Br)cc3)n2)cc1. The summed E-state index contributed by atoms with van der Waals surface area (Å²) in [6.45, 7) is 0. The second-order valence-corrected chi connectivity index (χ2v) is 12.1. The number of sulfonamides is 1. The molecule has 0 saturated heterocycles. The number of benzene rings is 3. The molecule has 0 unspecified atom stereocenters. The number of fused-ring (bicyclic) bond motifs is 1. The third-order valence-electron chi connectivity index (χ3n) is 6.01. The van der Waals surface area contributed by atoms with Gasteiger partial charge in [0, 0.05) is 32.5 Å². The molecule has 0 spiro atoms. The fourth-order valence-electron chi connectivity index (χ4n) is 4.01. The van der Waals surface area contributed by atoms with Crippen LogP contribution >= 0.6 is 27.3 Å². The Morgan fingerprint density at radius 3 is 2.59 bits per heavy atom. The van der Waals surface area contributed by atoms with Gasteiger partial charge in [-0.15, -0.1) is 11.3 Å². The fraction of sp³-hybridized carbons (Fsp3) is 0.111. The van der Waals surface area contributed by atoms with Crippen molar-refractivity contribution in [2.45, 2.75) is 17.4 Å². The fourth-order valence-corrected chi connectivity index (χ4v) is 6.20. The number of ether oxygens (including phenoxy) is 1. The number of aromatic amines is 1. The van der Waals surface area contributed by atoms with Crippen molar-refractivity contribution in [1.29, 1.82) is 0 Å². The van der Waals surface area contributed by atoms with Crippen LogP contribution in [-0.2, 0) is 21.2 Å². The average Bonchev–Trinajstić information content (AvgIpc) is 3.55. The molecule has 1 atom stereocenters. The van der Waals surface area contributed by atoms with Crippen LogP contribution in [0.5, 0.6) is 5.75 Å². The molecule has 0 aliphatic heterocycles. The number of hydrogen-bond acceptors (Lipinski definition) is 6. The summed E-state index contributed by atoms with van der Waals surface area (Å²) >= 11 is 4.51. The second kappa shape index (κ2) is 11.3. The van der Waals surface area contributed by atoms with E-state index in [0.29, 0.717) is 37.5 Å². The van der Waals surface area contributed by atoms with Crippen molar-refractivity contribution in [3.8, 4) is 17.0 Å². The largest absolute Gasteiger partial charge is 0.497 e. The zero-order valence-electron chi connectivity index (χ0n) is 20.4. The Labute approximate surface area is 236 Å². The van der Waals surface area contributed by atoms with Crippen molar-refractivity contribution < 1.29 is 22.3 Å². The van der Waals surface area contributed by atoms with Gasteiger partial charge >= 0.3 is 0 Å². The van der Waals surface area contributed by atoms with Gasteiger partial charge in [0.2, 0.25) is 15.9 Å². The molecule has 2 aromatic heterocycles. The maximum atomic E-state index is 14.0. The number of nitrogens with zero attached hydrogens (tertiary/aromatic N) is 1. The van der Waals surface area contributed by atoms with Gasteiger partial charge in [-0.05, 0) is 78.7 Å². The third-order valence-corrected chi connectivity index (χ3v) is 8.79. The van der Waals surface area contributed by atoms with E-state index >= 15 is 0 Å². The number of nitrogens with one attached hydrogen (secondary N) is 3. The minimum Gasteiger partial charge on any atom is -0.497 e. The molecule has 5 rings (SSSR count). The van der Waals surface area contributed by atoms with Crippen LogP contribution in [0.15, 0.2) is 87.7 Å². The molecule has 39 heavy (non-hydrogen) atoms. The van der Waals surface area contributed by atoms with E-state index in [0.717, 1.165) is 5.56 Å². The lowest BCUT2D eigenvalue weighted by molar-refractivity contribution is -0.117. The molecule has 0 radical (unpaired) electrons. The molecule has 0 saturated carbocycles. The van der Waals surface area contributed by atoms with Crippen LogP contribution in [0.3, 0.4) is 0 Å². The van der Waals surface area contributed by atoms with Crippen molar-refractivity contribution >= 4 is 59.2 Å². The van der Waals surface area contributed by atoms with E-state index in [2.05, 4.69) is 35.9 Å². The zero-order chi connectivity index (χ0) is 27.6. The summed E-state index contributed by atoms with van der Waals surface area (Å²) in [7, 11) is -2.48. The number of methoxy groups -OCH3 is 1. The highest BCUT2D eigenvalue weighted by Crippen LogP contribution is 2.27. The maximum Gasteiger partial charge on any atom is 0.244 e. The lowest BCUT2D eigenvalue weighted by atomic mass is 10.1. The van der Waals surface area contributed by atoms with Crippen molar-refractivity contribution in [2.75, 3.05) is 12.4 Å². The molecule has 0 bridgehead atoms. The van der Waals surface area contributed by atoms with Crippen molar-refractivity contribution in [2.24, 2.45) is 0 Å². The number of H-pyrrole nitrogens is 1. The number of aromatic nitrogens is 2. The first-order chi connectivity index (χ1) is 18.7. The summed E-state index contributed by atoms with van der Waals surface area (Å²) in [5.74, 6) is -0.328. The Hall–Kier alpha value is -3.58. The first-order valence-electron chi connectivity index (χ1n) is 11.7. The van der Waals surface area contributed by atoms with Crippen LogP contribution in [-0.4, -0.2) is 37.4 Å². The Bertz CT molecular complexity index is 1740. The molecule has 3 N–H and O–H groups in total. The van der Waals surface area contributed by atoms with E-state index in [1.165, 1.54) is 35.6 Å². The average molecular weight is 630 g/mol. The highest BCUT2D eigenvalue weighted by molar-refractivity contribution is 9.10. The smallest absolute Gasteiger partial charge is 0.244 e. The number of thiazole rings is 1. The lowest BCUT2D eigenvalue weighted by Crippen LogP contribution is -2.45. The molecule has 0 aliphatic rings. The van der Waals surface area contributed by atoms with Crippen LogP contribution in [0, 0.1) is 5.82 Å². The summed E-state index contributed by atoms with van der Waals surface area (Å²) in [6.07, 6.45) is 1.62. The minimum absolute atomic E-state index is 0.00418. The van der Waals surface area contributed by atoms with E-state index in [1.807, 2.05) is 24.3 Å². The summed E-state index contributed by atoms with van der Waals surface area (Å²) in [4.78, 5) is 21.0. The monoisotopic (exact) mass is 628 g/mol. The van der Waals surface area contributed by atoms with E-state index in [9.17, 15) is 17.6 Å². The molecular weight excluding hydrogens is 607 g/mol. The van der Waals surface area contributed by atoms with Crippen molar-refractivity contribution in [3.05, 3.63) is 94.2 Å². The van der Waals surface area contributed by atoms with Crippen molar-refractivity contribution in [3.63, 3.8) is 0 Å². The number of carbonyl (C=O) groups excluding carboxylic acids is 1. The molecular formula is C27H22BrFN4O4S2. The molecule has 5 aromatic rings. The Balaban J connectivity index is 1.42. The van der Waals surface area contributed by atoms with Gasteiger partial charge in [-0.2, -0.15) is 4.72 Å². The second-order valence-electron chi connectivity index (χ2n) is 8.59. The highest BCUT2D eigenvalue weighted by Gasteiger charge is 2.28. The summed E-state index contributed by atoms with van der Waals surface area (Å²) in [5, 5.41) is 5.40. The Kier molecular flexibility index (Phi) is 7.80. The third kappa shape index (κ3) is 6.19. The number of rotatable bonds is 9. The van der Waals surface area contributed by atoms with Gasteiger partial charge in [0.15, 0.2) is 5.13 Å². The summed E-state index contributed by atoms with van der Waals surface area (Å²) in [6, 6.07) is 16.4. The topological polar surface area (TPSA) is 113 Å². The van der Waals surface area contributed by atoms with Gasteiger partial charge in [-0.3, -0.25) is 4.79 Å². The summed E-state index contributed by atoms with van der Waals surface area (Å²) < 4.78 is 48.8. The van der Waals surface area contributed by atoms with Crippen LogP contribution in [0.4, 0.5) is 9.52 Å². The molecule has 0 fully saturated rings. The Morgan fingerprint density at radius 1 is 1.13 bits per heavy atom. The first kappa shape index (κ1) is 27.0. The van der Waals surface area contributed by atoms with Gasteiger partial charge in [0.1, 0.15) is 17.6 Å². The minimum atomic E-state index is -4.07. The molecule has 0 aliphatic carbocycles. The quantitative estimate of drug-likeness (QED) is 0.193. The first-order valence-corrected chi connectivity index (χ1v) is 14.8. The van der Waals surface area contributed by atoms with Crippen LogP contribution in [0.1, 0.15) is 5.56 Å².